The minimum absolute atomic E-state index is 0.00270. The van der Waals surface area contributed by atoms with Gasteiger partial charge < -0.3 is 19.5 Å². The quantitative estimate of drug-likeness (QED) is 0.262. The Balaban J connectivity index is 1.45. The van der Waals surface area contributed by atoms with E-state index in [2.05, 4.69) is 15.4 Å². The summed E-state index contributed by atoms with van der Waals surface area (Å²) in [6.45, 7) is 1.59. The van der Waals surface area contributed by atoms with Crippen LogP contribution in [0.15, 0.2) is 77.7 Å². The maximum absolute atomic E-state index is 15.3. The van der Waals surface area contributed by atoms with Crippen LogP contribution in [-0.4, -0.2) is 34.9 Å². The van der Waals surface area contributed by atoms with E-state index in [0.29, 0.717) is 44.4 Å². The minimum Gasteiger partial charge on any atom is -0.493 e. The van der Waals surface area contributed by atoms with Crippen LogP contribution in [0.3, 0.4) is 0 Å². The molecule has 1 amide bonds. The van der Waals surface area contributed by atoms with Crippen LogP contribution in [0.1, 0.15) is 16.1 Å². The molecule has 0 atom stereocenters. The second-order valence-corrected chi connectivity index (χ2v) is 9.07. The number of pyridine rings is 1. The van der Waals surface area contributed by atoms with Crippen molar-refractivity contribution in [1.29, 1.82) is 0 Å². The Bertz CT molecular complexity index is 1810. The molecule has 0 spiro atoms. The fraction of sp³-hybridized carbons (Fsp3) is 0.103. The summed E-state index contributed by atoms with van der Waals surface area (Å²) in [7, 11) is 3.02. The summed E-state index contributed by atoms with van der Waals surface area (Å²) in [6, 6.07) is 16.7. The lowest BCUT2D eigenvalue weighted by molar-refractivity contribution is 0.102. The van der Waals surface area contributed by atoms with Crippen LogP contribution in [0, 0.1) is 12.7 Å². The van der Waals surface area contributed by atoms with Gasteiger partial charge in [-0.05, 0) is 61.0 Å². The number of anilines is 1. The maximum atomic E-state index is 15.3. The number of hydrogen-bond donors (Lipinski definition) is 1. The number of ether oxygens (including phenoxy) is 3. The van der Waals surface area contributed by atoms with Crippen molar-refractivity contribution in [3.05, 3.63) is 105 Å². The van der Waals surface area contributed by atoms with Crippen LogP contribution in [0.5, 0.6) is 23.0 Å². The molecule has 0 unspecified atom stereocenters. The first kappa shape index (κ1) is 26.6. The monoisotopic (exact) mass is 560 g/mol. The van der Waals surface area contributed by atoms with Gasteiger partial charge in [-0.1, -0.05) is 11.6 Å². The van der Waals surface area contributed by atoms with Crippen LogP contribution in [-0.2, 0) is 0 Å². The number of nitrogens with one attached hydrogen (secondary N) is 1. The van der Waals surface area contributed by atoms with Crippen molar-refractivity contribution < 1.29 is 23.4 Å². The SMILES string of the molecule is COc1cc2nccc(Oc3ccc(-n4nc(C(=O)Nc5ccc(Cl)cc5)c(C)cc4=O)cc3F)c2cc1OC. The summed E-state index contributed by atoms with van der Waals surface area (Å²) in [5.41, 5.74) is 1.01. The zero-order valence-corrected chi connectivity index (χ0v) is 22.3. The van der Waals surface area contributed by atoms with Crippen molar-refractivity contribution in [2.45, 2.75) is 6.92 Å². The molecule has 0 radical (unpaired) electrons. The summed E-state index contributed by atoms with van der Waals surface area (Å²) in [4.78, 5) is 29.9. The topological polar surface area (TPSA) is 105 Å². The van der Waals surface area contributed by atoms with Gasteiger partial charge in [0, 0.05) is 40.5 Å². The van der Waals surface area contributed by atoms with E-state index >= 15 is 4.39 Å². The number of amides is 1. The standard InChI is InChI=1S/C29H22ClFN4O5/c1-16-12-27(36)35(34-28(16)29(37)33-18-6-4-17(30)5-7-18)19-8-9-24(21(31)13-19)40-23-10-11-32-22-15-26(39-3)25(38-2)14-20(22)23/h4-15H,1-3H3,(H,33,37). The predicted octanol–water partition coefficient (Wildman–Crippen LogP) is 5.94. The number of benzene rings is 3. The number of fused-ring (bicyclic) bond motifs is 1. The lowest BCUT2D eigenvalue weighted by Gasteiger charge is -2.14. The zero-order chi connectivity index (χ0) is 28.4. The van der Waals surface area contributed by atoms with E-state index < -0.39 is 17.3 Å². The average Bonchev–Trinajstić information content (AvgIpc) is 2.94. The lowest BCUT2D eigenvalue weighted by Crippen LogP contribution is -2.26. The van der Waals surface area contributed by atoms with Gasteiger partial charge in [0.25, 0.3) is 11.5 Å². The molecule has 0 aliphatic carbocycles. The molecule has 9 nitrogen and oxygen atoms in total. The van der Waals surface area contributed by atoms with E-state index in [0.717, 1.165) is 10.7 Å². The molecule has 0 aliphatic heterocycles. The first-order valence-corrected chi connectivity index (χ1v) is 12.3. The molecule has 0 aliphatic rings. The predicted molar refractivity (Wildman–Crippen MR) is 149 cm³/mol. The number of aromatic nitrogens is 3. The van der Waals surface area contributed by atoms with E-state index in [-0.39, 0.29) is 17.1 Å². The number of nitrogens with zero attached hydrogens (tertiary/aromatic N) is 3. The largest absolute Gasteiger partial charge is 0.493 e. The molecule has 0 saturated carbocycles. The minimum atomic E-state index is -0.746. The molecule has 40 heavy (non-hydrogen) atoms. The van der Waals surface area contributed by atoms with Gasteiger partial charge in [-0.3, -0.25) is 14.6 Å². The number of halogens is 2. The van der Waals surface area contributed by atoms with Crippen LogP contribution >= 0.6 is 11.6 Å². The summed E-state index contributed by atoms with van der Waals surface area (Å²) in [6.07, 6.45) is 1.53. The number of methoxy groups -OCH3 is 2. The van der Waals surface area contributed by atoms with Crippen LogP contribution < -0.4 is 25.1 Å². The Kier molecular flexibility index (Phi) is 7.35. The molecule has 0 fully saturated rings. The molecule has 3 aromatic carbocycles. The van der Waals surface area contributed by atoms with Crippen molar-refractivity contribution in [2.24, 2.45) is 0 Å². The Morgan fingerprint density at radius 1 is 0.925 bits per heavy atom. The number of aryl methyl sites for hydroxylation is 1. The Morgan fingerprint density at radius 3 is 2.35 bits per heavy atom. The van der Waals surface area contributed by atoms with Crippen molar-refractivity contribution in [3.8, 4) is 28.7 Å². The molecule has 11 heteroatoms. The summed E-state index contributed by atoms with van der Waals surface area (Å²) in [5.74, 6) is -0.0804. The highest BCUT2D eigenvalue weighted by atomic mass is 35.5. The van der Waals surface area contributed by atoms with Gasteiger partial charge in [-0.2, -0.15) is 9.78 Å². The normalized spacial score (nSPS) is 10.8. The highest BCUT2D eigenvalue weighted by Gasteiger charge is 2.17. The Labute approximate surface area is 232 Å². The maximum Gasteiger partial charge on any atom is 0.276 e. The number of carbonyl (C=O) groups is 1. The zero-order valence-electron chi connectivity index (χ0n) is 21.6. The van der Waals surface area contributed by atoms with Crippen molar-refractivity contribution in [1.82, 2.24) is 14.8 Å². The van der Waals surface area contributed by atoms with Gasteiger partial charge in [0.05, 0.1) is 25.4 Å². The first-order valence-electron chi connectivity index (χ1n) is 11.9. The van der Waals surface area contributed by atoms with E-state index in [1.165, 1.54) is 38.6 Å². The van der Waals surface area contributed by atoms with Crippen LogP contribution in [0.25, 0.3) is 16.6 Å². The number of hydrogen-bond acceptors (Lipinski definition) is 7. The third-order valence-electron chi connectivity index (χ3n) is 6.03. The second-order valence-electron chi connectivity index (χ2n) is 8.64. The highest BCUT2D eigenvalue weighted by Crippen LogP contribution is 2.37. The Hall–Kier alpha value is -4.96. The smallest absolute Gasteiger partial charge is 0.276 e. The molecule has 2 aromatic heterocycles. The van der Waals surface area contributed by atoms with Crippen LogP contribution in [0.4, 0.5) is 10.1 Å². The average molecular weight is 561 g/mol. The molecule has 202 valence electrons. The fourth-order valence-corrected chi connectivity index (χ4v) is 4.16. The van der Waals surface area contributed by atoms with Crippen LogP contribution in [0.2, 0.25) is 5.02 Å². The van der Waals surface area contributed by atoms with E-state index in [1.54, 1.807) is 49.4 Å². The van der Waals surface area contributed by atoms with Crippen molar-refractivity contribution in [3.63, 3.8) is 0 Å². The third kappa shape index (κ3) is 5.29. The number of carbonyl (C=O) groups excluding carboxylic acids is 1. The molecule has 1 N–H and O–H groups in total. The fourth-order valence-electron chi connectivity index (χ4n) is 4.04. The lowest BCUT2D eigenvalue weighted by atomic mass is 10.1. The van der Waals surface area contributed by atoms with Gasteiger partial charge in [0.1, 0.15) is 5.75 Å². The molecule has 5 rings (SSSR count). The van der Waals surface area contributed by atoms with Crippen molar-refractivity contribution >= 4 is 34.1 Å². The number of rotatable bonds is 7. The molecule has 0 bridgehead atoms. The molecular formula is C29H22ClFN4O5. The van der Waals surface area contributed by atoms with Gasteiger partial charge >= 0.3 is 0 Å². The molecule has 0 saturated heterocycles. The van der Waals surface area contributed by atoms with E-state index in [1.807, 2.05) is 0 Å². The van der Waals surface area contributed by atoms with Gasteiger partial charge in [0.15, 0.2) is 28.8 Å². The van der Waals surface area contributed by atoms with Crippen molar-refractivity contribution in [2.75, 3.05) is 19.5 Å². The van der Waals surface area contributed by atoms with Gasteiger partial charge in [-0.15, -0.1) is 0 Å². The second kappa shape index (κ2) is 11.0. The summed E-state index contributed by atoms with van der Waals surface area (Å²) in [5, 5.41) is 8.02. The first-order chi connectivity index (χ1) is 19.3. The summed E-state index contributed by atoms with van der Waals surface area (Å²) >= 11 is 5.90. The van der Waals surface area contributed by atoms with E-state index in [9.17, 15) is 9.59 Å². The molecule has 5 aromatic rings. The highest BCUT2D eigenvalue weighted by molar-refractivity contribution is 6.30. The third-order valence-corrected chi connectivity index (χ3v) is 6.28. The van der Waals surface area contributed by atoms with Gasteiger partial charge in [0.2, 0.25) is 0 Å². The van der Waals surface area contributed by atoms with Gasteiger partial charge in [-0.25, -0.2) is 4.39 Å². The molecule has 2 heterocycles. The molecular weight excluding hydrogens is 539 g/mol. The van der Waals surface area contributed by atoms with E-state index in [4.69, 9.17) is 25.8 Å². The Morgan fingerprint density at radius 2 is 1.65 bits per heavy atom. The summed E-state index contributed by atoms with van der Waals surface area (Å²) < 4.78 is 32.8.